The van der Waals surface area contributed by atoms with Gasteiger partial charge in [-0.3, -0.25) is 4.98 Å². The molecule has 109 valence electrons. The molecule has 1 N–H and O–H groups in total. The molecule has 0 amide bonds. The molecule has 6 heteroatoms. The van der Waals surface area contributed by atoms with Gasteiger partial charge in [-0.25, -0.2) is 0 Å². The predicted octanol–water partition coefficient (Wildman–Crippen LogP) is 2.23. The van der Waals surface area contributed by atoms with E-state index in [1.54, 1.807) is 25.4 Å². The number of rotatable bonds is 5. The average molecular weight is 320 g/mol. The smallest absolute Gasteiger partial charge is 0.101 e. The maximum absolute atomic E-state index is 8.74. The van der Waals surface area contributed by atoms with Crippen LogP contribution in [0.5, 0.6) is 0 Å². The van der Waals surface area contributed by atoms with Gasteiger partial charge in [0.05, 0.1) is 17.9 Å². The number of likely N-dealkylation sites (N-methyl/N-ethyl adjacent to an activating group) is 1. The van der Waals surface area contributed by atoms with Gasteiger partial charge < -0.3 is 15.4 Å². The van der Waals surface area contributed by atoms with Crippen molar-refractivity contribution in [2.75, 3.05) is 13.7 Å². The topological polar surface area (TPSA) is 72.0 Å². The van der Waals surface area contributed by atoms with Gasteiger partial charge in [0.2, 0.25) is 0 Å². The summed E-state index contributed by atoms with van der Waals surface area (Å²) in [5.74, 6) is 0.740. The molecule has 0 bridgehead atoms. The maximum Gasteiger partial charge on any atom is 0.101 e. The zero-order valence-corrected chi connectivity index (χ0v) is 13.3. The third-order valence-corrected chi connectivity index (χ3v) is 3.16. The first-order chi connectivity index (χ1) is 9.78. The van der Waals surface area contributed by atoms with Crippen LogP contribution in [0.2, 0.25) is 0 Å². The first-order valence-corrected chi connectivity index (χ1v) is 6.46. The molecule has 1 aromatic rings. The van der Waals surface area contributed by atoms with Crippen molar-refractivity contribution in [3.8, 4) is 6.07 Å². The van der Waals surface area contributed by atoms with Crippen LogP contribution in [-0.4, -0.2) is 24.7 Å². The van der Waals surface area contributed by atoms with E-state index in [9.17, 15) is 0 Å². The van der Waals surface area contributed by atoms with Gasteiger partial charge in [0.1, 0.15) is 11.8 Å². The van der Waals surface area contributed by atoms with Crippen molar-refractivity contribution in [2.45, 2.75) is 19.0 Å². The molecule has 5 nitrogen and oxygen atoms in total. The standard InChI is InChI=1S/C15H17N4O.V/c1-3-14-15(17-2)13(6-7-20-14)19-10-12-5-4-11(8-16)9-18-12;/h3-5,9,13,19H,1,6-7,10H2,2H3;/q-1;. The second-order valence-corrected chi connectivity index (χ2v) is 4.40. The monoisotopic (exact) mass is 320 g/mol. The number of nitriles is 1. The summed E-state index contributed by atoms with van der Waals surface area (Å²) in [4.78, 5) is 4.24. The summed E-state index contributed by atoms with van der Waals surface area (Å²) in [5.41, 5.74) is 2.35. The Hall–Kier alpha value is -1.74. The molecule has 0 spiro atoms. The van der Waals surface area contributed by atoms with Crippen molar-refractivity contribution in [1.29, 1.82) is 5.26 Å². The molecule has 1 atom stereocenters. The fourth-order valence-electron chi connectivity index (χ4n) is 2.12. The zero-order chi connectivity index (χ0) is 14.4. The Kier molecular flexibility index (Phi) is 7.03. The summed E-state index contributed by atoms with van der Waals surface area (Å²) in [5, 5.41) is 16.4. The largest absolute Gasteiger partial charge is 0.686 e. The molecule has 0 aliphatic carbocycles. The Labute approximate surface area is 137 Å². The van der Waals surface area contributed by atoms with E-state index in [1.165, 1.54) is 0 Å². The number of allylic oxidation sites excluding steroid dienone is 1. The molecule has 1 radical (unpaired) electrons. The molecule has 0 fully saturated rings. The van der Waals surface area contributed by atoms with E-state index in [-0.39, 0.29) is 24.6 Å². The van der Waals surface area contributed by atoms with Crippen molar-refractivity contribution >= 4 is 0 Å². The first-order valence-electron chi connectivity index (χ1n) is 6.46. The van der Waals surface area contributed by atoms with Crippen LogP contribution in [0.3, 0.4) is 0 Å². The Morgan fingerprint density at radius 1 is 1.62 bits per heavy atom. The molecule has 0 aromatic carbocycles. The number of hydrogen-bond donors (Lipinski definition) is 1. The summed E-state index contributed by atoms with van der Waals surface area (Å²) in [6, 6.07) is 5.82. The van der Waals surface area contributed by atoms with Crippen LogP contribution in [0.1, 0.15) is 17.7 Å². The number of hydrogen-bond acceptors (Lipinski definition) is 4. The summed E-state index contributed by atoms with van der Waals surface area (Å²) < 4.78 is 5.52. The molecule has 1 aromatic heterocycles. The molecular formula is C15H17N4OV-. The van der Waals surface area contributed by atoms with Gasteiger partial charge in [-0.2, -0.15) is 5.26 Å². The van der Waals surface area contributed by atoms with Gasteiger partial charge in [0, 0.05) is 37.3 Å². The number of ether oxygens (including phenoxy) is 1. The molecule has 1 aliphatic heterocycles. The second-order valence-electron chi connectivity index (χ2n) is 4.40. The molecule has 21 heavy (non-hydrogen) atoms. The van der Waals surface area contributed by atoms with Crippen molar-refractivity contribution in [2.24, 2.45) is 0 Å². The summed E-state index contributed by atoms with van der Waals surface area (Å²) in [6.45, 7) is 5.02. The van der Waals surface area contributed by atoms with Gasteiger partial charge >= 0.3 is 0 Å². The normalized spacial score (nSPS) is 17.2. The molecular weight excluding hydrogens is 303 g/mol. The van der Waals surface area contributed by atoms with Crippen molar-refractivity contribution in [1.82, 2.24) is 10.3 Å². The van der Waals surface area contributed by atoms with E-state index in [4.69, 9.17) is 10.00 Å². The maximum atomic E-state index is 8.74. The summed E-state index contributed by atoms with van der Waals surface area (Å²) >= 11 is 0. The van der Waals surface area contributed by atoms with Crippen LogP contribution in [0.4, 0.5) is 0 Å². The minimum atomic E-state index is 0. The van der Waals surface area contributed by atoms with E-state index >= 15 is 0 Å². The summed E-state index contributed by atoms with van der Waals surface area (Å²) in [7, 11) is 1.75. The van der Waals surface area contributed by atoms with E-state index in [0.717, 1.165) is 23.6 Å². The second kappa shape index (κ2) is 8.53. The minimum absolute atomic E-state index is 0. The van der Waals surface area contributed by atoms with Gasteiger partial charge in [0.15, 0.2) is 0 Å². The van der Waals surface area contributed by atoms with E-state index in [2.05, 4.69) is 28.3 Å². The van der Waals surface area contributed by atoms with Crippen molar-refractivity contribution < 1.29 is 23.3 Å². The number of pyridine rings is 1. The van der Waals surface area contributed by atoms with Gasteiger partial charge in [-0.05, 0) is 24.6 Å². The van der Waals surface area contributed by atoms with Gasteiger partial charge in [-0.15, -0.1) is 12.7 Å². The number of nitrogens with one attached hydrogen (secondary N) is 1. The Morgan fingerprint density at radius 2 is 2.43 bits per heavy atom. The van der Waals surface area contributed by atoms with Crippen molar-refractivity contribution in [3.63, 3.8) is 0 Å². The Morgan fingerprint density at radius 3 is 3.00 bits per heavy atom. The third kappa shape index (κ3) is 4.37. The average Bonchev–Trinajstić information content (AvgIpc) is 2.52. The van der Waals surface area contributed by atoms with Crippen LogP contribution in [0.25, 0.3) is 5.32 Å². The van der Waals surface area contributed by atoms with Crippen LogP contribution < -0.4 is 5.32 Å². The van der Waals surface area contributed by atoms with Crippen LogP contribution in [0.15, 0.2) is 42.4 Å². The molecule has 0 saturated carbocycles. The fraction of sp³-hybridized carbons (Fsp3) is 0.333. The van der Waals surface area contributed by atoms with Crippen LogP contribution in [-0.2, 0) is 29.8 Å². The van der Waals surface area contributed by atoms with Gasteiger partial charge in [-0.1, -0.05) is 6.58 Å². The molecule has 1 unspecified atom stereocenters. The first kappa shape index (κ1) is 17.3. The number of nitrogens with zero attached hydrogens (tertiary/aromatic N) is 3. The van der Waals surface area contributed by atoms with Crippen molar-refractivity contribution in [3.05, 3.63) is 59.0 Å². The Balaban J connectivity index is 0.00000220. The van der Waals surface area contributed by atoms with Gasteiger partial charge in [0.25, 0.3) is 0 Å². The van der Waals surface area contributed by atoms with Crippen LogP contribution >= 0.6 is 0 Å². The summed E-state index contributed by atoms with van der Waals surface area (Å²) in [6.07, 6.45) is 4.13. The van der Waals surface area contributed by atoms with Crippen LogP contribution in [0, 0.1) is 11.3 Å². The van der Waals surface area contributed by atoms with E-state index in [0.29, 0.717) is 18.7 Å². The molecule has 2 heterocycles. The molecule has 2 rings (SSSR count). The third-order valence-electron chi connectivity index (χ3n) is 3.16. The molecule has 1 aliphatic rings. The van der Waals surface area contributed by atoms with E-state index < -0.39 is 0 Å². The predicted molar refractivity (Wildman–Crippen MR) is 76.7 cm³/mol. The fourth-order valence-corrected chi connectivity index (χ4v) is 2.12. The Bertz CT molecular complexity index is 548. The number of aromatic nitrogens is 1. The zero-order valence-electron chi connectivity index (χ0n) is 11.9. The van der Waals surface area contributed by atoms with E-state index in [1.807, 2.05) is 6.07 Å². The SMILES string of the molecule is C=CC1=C([N-]C)C(NCc2ccc(C#N)cn2)CCO1.[V]. The molecule has 0 saturated heterocycles. The quantitative estimate of drug-likeness (QED) is 0.903. The minimum Gasteiger partial charge on any atom is -0.686 e.